The van der Waals surface area contributed by atoms with Crippen molar-refractivity contribution in [2.75, 3.05) is 0 Å². The Morgan fingerprint density at radius 2 is 1.90 bits per heavy atom. The summed E-state index contributed by atoms with van der Waals surface area (Å²) >= 11 is 13.0. The second-order valence-electron chi connectivity index (χ2n) is 6.36. The quantitative estimate of drug-likeness (QED) is 0.428. The molecule has 1 aliphatic heterocycles. The lowest BCUT2D eigenvalue weighted by Crippen LogP contribution is -2.27. The maximum atomic E-state index is 12.7. The van der Waals surface area contributed by atoms with Gasteiger partial charge < -0.3 is 4.42 Å². The Bertz CT molecular complexity index is 1240. The highest BCUT2D eigenvalue weighted by molar-refractivity contribution is 8.18. The van der Waals surface area contributed by atoms with E-state index in [1.54, 1.807) is 54.6 Å². The molecule has 2 amide bonds. The molecule has 0 radical (unpaired) electrons. The molecular formula is C22H12Cl2N2O3S. The molecule has 1 aliphatic rings. The molecule has 1 saturated heterocycles. The molecule has 0 atom stereocenters. The zero-order chi connectivity index (χ0) is 21.3. The lowest BCUT2D eigenvalue weighted by molar-refractivity contribution is -0.123. The van der Waals surface area contributed by atoms with Gasteiger partial charge in [-0.3, -0.25) is 14.5 Å². The monoisotopic (exact) mass is 454 g/mol. The van der Waals surface area contributed by atoms with Gasteiger partial charge in [0.05, 0.1) is 28.1 Å². The Kier molecular flexibility index (Phi) is 5.69. The summed E-state index contributed by atoms with van der Waals surface area (Å²) in [5, 5.41) is 9.78. The van der Waals surface area contributed by atoms with Crippen molar-refractivity contribution in [2.45, 2.75) is 6.54 Å². The first-order valence-corrected chi connectivity index (χ1v) is 10.3. The fourth-order valence-corrected chi connectivity index (χ4v) is 4.29. The van der Waals surface area contributed by atoms with Crippen LogP contribution in [-0.2, 0) is 11.3 Å². The molecule has 5 nitrogen and oxygen atoms in total. The van der Waals surface area contributed by atoms with Gasteiger partial charge in [0.15, 0.2) is 0 Å². The zero-order valence-corrected chi connectivity index (χ0v) is 17.6. The molecule has 148 valence electrons. The summed E-state index contributed by atoms with van der Waals surface area (Å²) in [7, 11) is 0. The number of benzene rings is 2. The van der Waals surface area contributed by atoms with Crippen LogP contribution in [0.3, 0.4) is 0 Å². The summed E-state index contributed by atoms with van der Waals surface area (Å²) in [5.41, 5.74) is 1.71. The third kappa shape index (κ3) is 4.01. The second-order valence-corrected chi connectivity index (χ2v) is 8.20. The number of imide groups is 1. The molecule has 0 N–H and O–H groups in total. The topological polar surface area (TPSA) is 74.3 Å². The highest BCUT2D eigenvalue weighted by Gasteiger charge is 2.35. The predicted molar refractivity (Wildman–Crippen MR) is 117 cm³/mol. The molecule has 3 aromatic rings. The summed E-state index contributed by atoms with van der Waals surface area (Å²) in [4.78, 5) is 26.5. The van der Waals surface area contributed by atoms with E-state index < -0.39 is 11.1 Å². The van der Waals surface area contributed by atoms with Crippen LogP contribution in [0.2, 0.25) is 10.0 Å². The van der Waals surface area contributed by atoms with E-state index in [1.165, 1.54) is 6.08 Å². The minimum atomic E-state index is -0.430. The molecule has 8 heteroatoms. The number of hydrogen-bond donors (Lipinski definition) is 0. The molecule has 1 fully saturated rings. The number of amides is 2. The highest BCUT2D eigenvalue weighted by atomic mass is 35.5. The Balaban J connectivity index is 1.57. The van der Waals surface area contributed by atoms with Gasteiger partial charge in [-0.1, -0.05) is 41.4 Å². The normalized spacial score (nSPS) is 15.1. The SMILES string of the molecule is N#Cc1ccccc1CN1C(=O)S/C(=C/c2ccc(-c3ccc(Cl)cc3Cl)o2)C1=O. The van der Waals surface area contributed by atoms with Crippen LogP contribution in [0.25, 0.3) is 17.4 Å². The maximum Gasteiger partial charge on any atom is 0.293 e. The van der Waals surface area contributed by atoms with E-state index in [4.69, 9.17) is 27.6 Å². The number of rotatable bonds is 4. The Hall–Kier alpha value is -2.98. The lowest BCUT2D eigenvalue weighted by atomic mass is 10.1. The number of carbonyl (C=O) groups is 2. The van der Waals surface area contributed by atoms with Crippen molar-refractivity contribution in [3.8, 4) is 17.4 Å². The van der Waals surface area contributed by atoms with Gasteiger partial charge in [0, 0.05) is 16.7 Å². The van der Waals surface area contributed by atoms with E-state index in [-0.39, 0.29) is 11.4 Å². The molecule has 0 bridgehead atoms. The summed E-state index contributed by atoms with van der Waals surface area (Å²) in [6.07, 6.45) is 1.52. The molecule has 1 aromatic heterocycles. The average Bonchev–Trinajstić information content (AvgIpc) is 3.28. The van der Waals surface area contributed by atoms with Crippen LogP contribution in [0.15, 0.2) is 63.9 Å². The first kappa shape index (κ1) is 20.3. The minimum absolute atomic E-state index is 0.0372. The molecular weight excluding hydrogens is 443 g/mol. The number of furan rings is 1. The van der Waals surface area contributed by atoms with Crippen LogP contribution in [0.4, 0.5) is 4.79 Å². The van der Waals surface area contributed by atoms with Crippen molar-refractivity contribution in [2.24, 2.45) is 0 Å². The molecule has 30 heavy (non-hydrogen) atoms. The molecule has 4 rings (SSSR count). The fraction of sp³-hybridized carbons (Fsp3) is 0.0455. The van der Waals surface area contributed by atoms with Crippen LogP contribution in [-0.4, -0.2) is 16.0 Å². The number of thioether (sulfide) groups is 1. The van der Waals surface area contributed by atoms with E-state index in [1.807, 2.05) is 0 Å². The maximum absolute atomic E-state index is 12.7. The first-order valence-electron chi connectivity index (χ1n) is 8.75. The Labute approximate surface area is 186 Å². The fourth-order valence-electron chi connectivity index (χ4n) is 2.97. The van der Waals surface area contributed by atoms with Crippen molar-refractivity contribution in [3.05, 3.63) is 86.4 Å². The van der Waals surface area contributed by atoms with Gasteiger partial charge >= 0.3 is 0 Å². The number of carbonyl (C=O) groups excluding carboxylic acids is 2. The van der Waals surface area contributed by atoms with Gasteiger partial charge in [0.1, 0.15) is 11.5 Å². The van der Waals surface area contributed by atoms with E-state index in [9.17, 15) is 14.9 Å². The third-order valence-corrected chi connectivity index (χ3v) is 5.89. The van der Waals surface area contributed by atoms with Gasteiger partial charge in [-0.2, -0.15) is 5.26 Å². The standard InChI is InChI=1S/C22H12Cl2N2O3S/c23-15-5-7-17(18(24)9-15)19-8-6-16(29-19)10-20-21(27)26(22(28)30-20)12-14-4-2-1-3-13(14)11-25/h1-10H,12H2/b20-10+. The van der Waals surface area contributed by atoms with Crippen molar-refractivity contribution >= 4 is 52.2 Å². The van der Waals surface area contributed by atoms with E-state index >= 15 is 0 Å². The second kappa shape index (κ2) is 8.41. The number of nitriles is 1. The van der Waals surface area contributed by atoms with Crippen molar-refractivity contribution in [1.29, 1.82) is 5.26 Å². The molecule has 0 spiro atoms. The lowest BCUT2D eigenvalue weighted by Gasteiger charge is -2.13. The van der Waals surface area contributed by atoms with Gasteiger partial charge in [-0.05, 0) is 53.7 Å². The number of hydrogen-bond acceptors (Lipinski definition) is 5. The molecule has 0 unspecified atom stereocenters. The van der Waals surface area contributed by atoms with E-state index in [2.05, 4.69) is 6.07 Å². The average molecular weight is 455 g/mol. The van der Waals surface area contributed by atoms with Crippen molar-refractivity contribution < 1.29 is 14.0 Å². The van der Waals surface area contributed by atoms with Crippen molar-refractivity contribution in [3.63, 3.8) is 0 Å². The summed E-state index contributed by atoms with van der Waals surface area (Å²) < 4.78 is 5.78. The summed E-state index contributed by atoms with van der Waals surface area (Å²) in [6.45, 7) is 0.0372. The van der Waals surface area contributed by atoms with Gasteiger partial charge in [0.2, 0.25) is 0 Å². The predicted octanol–water partition coefficient (Wildman–Crippen LogP) is 6.36. The van der Waals surface area contributed by atoms with E-state index in [0.717, 1.165) is 16.7 Å². The minimum Gasteiger partial charge on any atom is -0.457 e. The number of halogens is 2. The van der Waals surface area contributed by atoms with Crippen LogP contribution in [0.1, 0.15) is 16.9 Å². The highest BCUT2D eigenvalue weighted by Crippen LogP contribution is 2.36. The van der Waals surface area contributed by atoms with Crippen LogP contribution in [0.5, 0.6) is 0 Å². The van der Waals surface area contributed by atoms with Crippen LogP contribution in [0, 0.1) is 11.3 Å². The molecule has 0 aliphatic carbocycles. The van der Waals surface area contributed by atoms with Gasteiger partial charge in [-0.15, -0.1) is 0 Å². The first-order chi connectivity index (χ1) is 14.5. The molecule has 2 aromatic carbocycles. The van der Waals surface area contributed by atoms with Gasteiger partial charge in [-0.25, -0.2) is 0 Å². The van der Waals surface area contributed by atoms with E-state index in [0.29, 0.717) is 38.3 Å². The summed E-state index contributed by atoms with van der Waals surface area (Å²) in [6, 6.07) is 17.4. The molecule has 0 saturated carbocycles. The van der Waals surface area contributed by atoms with Crippen molar-refractivity contribution in [1.82, 2.24) is 4.90 Å². The summed E-state index contributed by atoms with van der Waals surface area (Å²) in [5.74, 6) is 0.504. The molecule has 2 heterocycles. The zero-order valence-electron chi connectivity index (χ0n) is 15.3. The largest absolute Gasteiger partial charge is 0.457 e. The third-order valence-electron chi connectivity index (χ3n) is 4.44. The van der Waals surface area contributed by atoms with Crippen LogP contribution < -0.4 is 0 Å². The number of nitrogens with zero attached hydrogens (tertiary/aromatic N) is 2. The Morgan fingerprint density at radius 1 is 1.10 bits per heavy atom. The Morgan fingerprint density at radius 3 is 2.67 bits per heavy atom. The smallest absolute Gasteiger partial charge is 0.293 e. The van der Waals surface area contributed by atoms with Gasteiger partial charge in [0.25, 0.3) is 11.1 Å². The van der Waals surface area contributed by atoms with Crippen LogP contribution >= 0.6 is 35.0 Å².